The van der Waals surface area contributed by atoms with Crippen molar-refractivity contribution < 1.29 is 33.8 Å². The van der Waals surface area contributed by atoms with Crippen molar-refractivity contribution in [3.63, 3.8) is 0 Å². The molecule has 10 heteroatoms. The number of carbonyl (C=O) groups excluding carboxylic acids is 4. The Balaban J connectivity index is 2.51. The third-order valence-electron chi connectivity index (χ3n) is 5.67. The summed E-state index contributed by atoms with van der Waals surface area (Å²) < 4.78 is 10.1. The van der Waals surface area contributed by atoms with Crippen LogP contribution in [0.2, 0.25) is 0 Å². The fourth-order valence-electron chi connectivity index (χ4n) is 3.97. The molecule has 2 rings (SSSR count). The van der Waals surface area contributed by atoms with Crippen LogP contribution in [0.4, 0.5) is 4.79 Å². The molecule has 39 heavy (non-hydrogen) atoms. The summed E-state index contributed by atoms with van der Waals surface area (Å²) in [6, 6.07) is 11.3. The average molecular weight is 542 g/mol. The number of hydrogen-bond donors (Lipinski definition) is 3. The number of phenolic OH excluding ortho intramolecular Hbond substituents is 1. The summed E-state index contributed by atoms with van der Waals surface area (Å²) in [6.07, 6.45) is -0.169. The normalized spacial score (nSPS) is 12.6. The van der Waals surface area contributed by atoms with Crippen LogP contribution in [0, 0.1) is 6.92 Å². The van der Waals surface area contributed by atoms with E-state index in [1.807, 2.05) is 19.9 Å². The monoisotopic (exact) mass is 541 g/mol. The largest absolute Gasteiger partial charge is 0.508 e. The van der Waals surface area contributed by atoms with Crippen molar-refractivity contribution in [2.45, 2.75) is 65.1 Å². The van der Waals surface area contributed by atoms with Crippen LogP contribution in [0.25, 0.3) is 0 Å². The number of phenols is 1. The van der Waals surface area contributed by atoms with Gasteiger partial charge in [0.15, 0.2) is 0 Å². The number of nitrogens with one attached hydrogen (secondary N) is 2. The number of methoxy groups -OCH3 is 1. The van der Waals surface area contributed by atoms with E-state index in [1.165, 1.54) is 24.1 Å². The highest BCUT2D eigenvalue weighted by atomic mass is 16.6. The number of aromatic hydroxyl groups is 1. The fraction of sp³-hybridized carbons (Fsp3) is 0.448. The molecular formula is C29H39N3O7. The molecule has 0 radical (unpaired) electrons. The molecule has 0 heterocycles. The van der Waals surface area contributed by atoms with Crippen LogP contribution >= 0.6 is 0 Å². The minimum atomic E-state index is -1.09. The number of hydrogen-bond acceptors (Lipinski definition) is 7. The first-order valence-corrected chi connectivity index (χ1v) is 12.8. The maximum atomic E-state index is 14.1. The van der Waals surface area contributed by atoms with Gasteiger partial charge in [-0.2, -0.15) is 0 Å². The fourth-order valence-corrected chi connectivity index (χ4v) is 3.97. The molecule has 3 N–H and O–H groups in total. The second-order valence-electron chi connectivity index (χ2n) is 10.2. The molecule has 2 unspecified atom stereocenters. The first-order chi connectivity index (χ1) is 18.3. The van der Waals surface area contributed by atoms with E-state index in [0.29, 0.717) is 17.5 Å². The summed E-state index contributed by atoms with van der Waals surface area (Å²) >= 11 is 0. The van der Waals surface area contributed by atoms with Crippen molar-refractivity contribution >= 4 is 23.9 Å². The van der Waals surface area contributed by atoms with Gasteiger partial charge in [-0.15, -0.1) is 0 Å². The van der Waals surface area contributed by atoms with Gasteiger partial charge in [0.25, 0.3) is 0 Å². The van der Waals surface area contributed by atoms with E-state index < -0.39 is 41.6 Å². The van der Waals surface area contributed by atoms with Crippen LogP contribution in [0.3, 0.4) is 0 Å². The Kier molecular flexibility index (Phi) is 11.3. The van der Waals surface area contributed by atoms with E-state index in [-0.39, 0.29) is 25.3 Å². The standard InChI is InChI=1S/C29H39N3O7/c1-7-15-32(25(21-10-8-9-19(2)16-21)26(35)30-18-24(34)38-6)27(36)23(31-28(37)39-29(3,4)5)17-20-11-13-22(33)14-12-20/h8-14,16,23,25,33H,7,15,17-18H2,1-6H3,(H,30,35)(H,31,37). The lowest BCUT2D eigenvalue weighted by Gasteiger charge is -2.34. The molecule has 0 spiro atoms. The predicted octanol–water partition coefficient (Wildman–Crippen LogP) is 3.41. The van der Waals surface area contributed by atoms with E-state index in [2.05, 4.69) is 15.4 Å². The Bertz CT molecular complexity index is 1140. The summed E-state index contributed by atoms with van der Waals surface area (Å²) in [6.45, 7) is 8.72. The maximum Gasteiger partial charge on any atom is 0.408 e. The number of aryl methyl sites for hydroxylation is 1. The van der Waals surface area contributed by atoms with Crippen LogP contribution in [-0.2, 0) is 30.3 Å². The van der Waals surface area contributed by atoms with Gasteiger partial charge in [-0.3, -0.25) is 14.4 Å². The lowest BCUT2D eigenvalue weighted by Crippen LogP contribution is -2.54. The van der Waals surface area contributed by atoms with Gasteiger partial charge in [-0.1, -0.05) is 48.9 Å². The predicted molar refractivity (Wildman–Crippen MR) is 146 cm³/mol. The molecule has 2 aromatic carbocycles. The molecular weight excluding hydrogens is 502 g/mol. The van der Waals surface area contributed by atoms with Gasteiger partial charge in [-0.05, 0) is 57.4 Å². The number of alkyl carbamates (subject to hydrolysis) is 1. The number of nitrogens with zero attached hydrogens (tertiary/aromatic N) is 1. The quantitative estimate of drug-likeness (QED) is 0.371. The molecule has 2 atom stereocenters. The average Bonchev–Trinajstić information content (AvgIpc) is 2.86. The second-order valence-corrected chi connectivity index (χ2v) is 10.2. The number of carbonyl (C=O) groups is 4. The van der Waals surface area contributed by atoms with Crippen molar-refractivity contribution in [1.82, 2.24) is 15.5 Å². The van der Waals surface area contributed by atoms with Gasteiger partial charge >= 0.3 is 12.1 Å². The van der Waals surface area contributed by atoms with Crippen LogP contribution in [0.15, 0.2) is 48.5 Å². The Hall–Kier alpha value is -4.08. The molecule has 0 aliphatic carbocycles. The van der Waals surface area contributed by atoms with E-state index >= 15 is 0 Å². The molecule has 212 valence electrons. The first kappa shape index (κ1) is 31.1. The van der Waals surface area contributed by atoms with Gasteiger partial charge in [0.05, 0.1) is 7.11 Å². The second kappa shape index (κ2) is 14.2. The molecule has 10 nitrogen and oxygen atoms in total. The highest BCUT2D eigenvalue weighted by Crippen LogP contribution is 2.25. The number of rotatable bonds is 11. The van der Waals surface area contributed by atoms with Crippen LogP contribution in [0.1, 0.15) is 56.8 Å². The molecule has 3 amide bonds. The van der Waals surface area contributed by atoms with Gasteiger partial charge < -0.3 is 30.1 Å². The summed E-state index contributed by atoms with van der Waals surface area (Å²) in [7, 11) is 1.22. The van der Waals surface area contributed by atoms with Crippen molar-refractivity contribution in [2.75, 3.05) is 20.2 Å². The van der Waals surface area contributed by atoms with Crippen molar-refractivity contribution in [3.05, 3.63) is 65.2 Å². The van der Waals surface area contributed by atoms with Gasteiger partial charge in [0.2, 0.25) is 11.8 Å². The van der Waals surface area contributed by atoms with Crippen molar-refractivity contribution in [3.8, 4) is 5.75 Å². The summed E-state index contributed by atoms with van der Waals surface area (Å²) in [4.78, 5) is 53.5. The van der Waals surface area contributed by atoms with E-state index in [9.17, 15) is 24.3 Å². The summed E-state index contributed by atoms with van der Waals surface area (Å²) in [5, 5.41) is 14.9. The van der Waals surface area contributed by atoms with Gasteiger partial charge in [-0.25, -0.2) is 4.79 Å². The minimum Gasteiger partial charge on any atom is -0.508 e. The lowest BCUT2D eigenvalue weighted by molar-refractivity contribution is -0.144. The molecule has 0 saturated heterocycles. The van der Waals surface area contributed by atoms with Crippen molar-refractivity contribution in [2.24, 2.45) is 0 Å². The van der Waals surface area contributed by atoms with E-state index in [0.717, 1.165) is 5.56 Å². The highest BCUT2D eigenvalue weighted by Gasteiger charge is 2.36. The Labute approximate surface area is 229 Å². The van der Waals surface area contributed by atoms with Crippen LogP contribution in [0.5, 0.6) is 5.75 Å². The maximum absolute atomic E-state index is 14.1. The molecule has 2 aromatic rings. The van der Waals surface area contributed by atoms with Crippen LogP contribution < -0.4 is 10.6 Å². The molecule has 0 saturated carbocycles. The number of benzene rings is 2. The zero-order chi connectivity index (χ0) is 29.2. The number of amides is 3. The van der Waals surface area contributed by atoms with Crippen LogP contribution in [-0.4, -0.2) is 65.7 Å². The van der Waals surface area contributed by atoms with E-state index in [1.54, 1.807) is 51.1 Å². The zero-order valence-corrected chi connectivity index (χ0v) is 23.4. The Morgan fingerprint density at radius 3 is 2.28 bits per heavy atom. The molecule has 0 aliphatic heterocycles. The topological polar surface area (TPSA) is 134 Å². The molecule has 0 aromatic heterocycles. The molecule has 0 fully saturated rings. The smallest absolute Gasteiger partial charge is 0.408 e. The SMILES string of the molecule is CCCN(C(=O)C(Cc1ccc(O)cc1)NC(=O)OC(C)(C)C)C(C(=O)NCC(=O)OC)c1cccc(C)c1. The van der Waals surface area contributed by atoms with E-state index in [4.69, 9.17) is 4.74 Å². The lowest BCUT2D eigenvalue weighted by atomic mass is 9.99. The summed E-state index contributed by atoms with van der Waals surface area (Å²) in [5.41, 5.74) is 1.33. The summed E-state index contributed by atoms with van der Waals surface area (Å²) in [5.74, 6) is -1.63. The Morgan fingerprint density at radius 2 is 1.72 bits per heavy atom. The van der Waals surface area contributed by atoms with Crippen molar-refractivity contribution in [1.29, 1.82) is 0 Å². The molecule has 0 bridgehead atoms. The molecule has 0 aliphatic rings. The van der Waals surface area contributed by atoms with Gasteiger partial charge in [0, 0.05) is 13.0 Å². The number of ether oxygens (including phenoxy) is 2. The first-order valence-electron chi connectivity index (χ1n) is 12.8. The number of esters is 1. The minimum absolute atomic E-state index is 0.0659. The third kappa shape index (κ3) is 9.96. The third-order valence-corrected chi connectivity index (χ3v) is 5.67. The highest BCUT2D eigenvalue weighted by molar-refractivity contribution is 5.93. The van der Waals surface area contributed by atoms with Gasteiger partial charge in [0.1, 0.15) is 30.0 Å². The zero-order valence-electron chi connectivity index (χ0n) is 23.4. The Morgan fingerprint density at radius 1 is 1.05 bits per heavy atom.